The molecule has 0 amide bonds. The number of rotatable bonds is 7. The van der Waals surface area contributed by atoms with E-state index in [9.17, 15) is 4.79 Å². The standard InChI is InChI=1S/C29H52O6/c1-12-23-16(5)14(3)19(8)28(32-23)34-26-18(7)20(9)29(35-27(26)21(10)30)33-25-17(6)15(4)22(11)31-24(25)13-2/h14-20,22-29H,12-13H2,1-11H3/t14-,15?,16+,17+,18+,19?,20?,22-,23?,24?,25+,26+,27?,28-,29+/m0/s1. The zero-order chi connectivity index (χ0) is 26.2. The van der Waals surface area contributed by atoms with Gasteiger partial charge in [0.25, 0.3) is 0 Å². The fraction of sp³-hybridized carbons (Fsp3) is 0.966. The van der Waals surface area contributed by atoms with Crippen molar-refractivity contribution in [2.24, 2.45) is 41.4 Å². The van der Waals surface area contributed by atoms with Gasteiger partial charge in [0.15, 0.2) is 18.4 Å². The van der Waals surface area contributed by atoms with Gasteiger partial charge in [0.1, 0.15) is 6.10 Å². The molecule has 6 nitrogen and oxygen atoms in total. The summed E-state index contributed by atoms with van der Waals surface area (Å²) in [4.78, 5) is 12.8. The summed E-state index contributed by atoms with van der Waals surface area (Å²) >= 11 is 0. The predicted molar refractivity (Wildman–Crippen MR) is 137 cm³/mol. The van der Waals surface area contributed by atoms with Crippen LogP contribution in [0.1, 0.15) is 89.0 Å². The minimum Gasteiger partial charge on any atom is -0.372 e. The Labute approximate surface area is 214 Å². The number of ketones is 1. The van der Waals surface area contributed by atoms with E-state index in [4.69, 9.17) is 23.7 Å². The summed E-state index contributed by atoms with van der Waals surface area (Å²) in [7, 11) is 0. The monoisotopic (exact) mass is 496 g/mol. The van der Waals surface area contributed by atoms with Crippen LogP contribution in [0.25, 0.3) is 0 Å². The van der Waals surface area contributed by atoms with E-state index in [0.29, 0.717) is 23.7 Å². The van der Waals surface area contributed by atoms with E-state index in [1.165, 1.54) is 0 Å². The summed E-state index contributed by atoms with van der Waals surface area (Å²) in [6.45, 7) is 23.6. The number of Topliss-reactive ketones (excluding diaryl/α,β-unsaturated/α-hetero) is 1. The molecule has 3 aliphatic heterocycles. The van der Waals surface area contributed by atoms with Gasteiger partial charge in [-0.2, -0.15) is 0 Å². The van der Waals surface area contributed by atoms with Crippen LogP contribution in [0.2, 0.25) is 0 Å². The largest absolute Gasteiger partial charge is 0.372 e. The lowest BCUT2D eigenvalue weighted by Crippen LogP contribution is -2.59. The molecule has 0 aliphatic carbocycles. The molecule has 35 heavy (non-hydrogen) atoms. The molecule has 0 N–H and O–H groups in total. The fourth-order valence-corrected chi connectivity index (χ4v) is 6.35. The lowest BCUT2D eigenvalue weighted by atomic mass is 9.78. The van der Waals surface area contributed by atoms with E-state index in [2.05, 4.69) is 69.2 Å². The van der Waals surface area contributed by atoms with Crippen molar-refractivity contribution in [3.8, 4) is 0 Å². The third kappa shape index (κ3) is 5.82. The Morgan fingerprint density at radius 3 is 1.69 bits per heavy atom. The maximum absolute atomic E-state index is 12.8. The molecule has 6 heteroatoms. The van der Waals surface area contributed by atoms with E-state index in [1.807, 2.05) is 0 Å². The van der Waals surface area contributed by atoms with Crippen molar-refractivity contribution in [3.63, 3.8) is 0 Å². The van der Waals surface area contributed by atoms with Gasteiger partial charge in [-0.15, -0.1) is 0 Å². The van der Waals surface area contributed by atoms with Gasteiger partial charge in [0.2, 0.25) is 0 Å². The van der Waals surface area contributed by atoms with Crippen molar-refractivity contribution in [2.45, 2.75) is 138 Å². The maximum Gasteiger partial charge on any atom is 0.162 e. The summed E-state index contributed by atoms with van der Waals surface area (Å²) in [6, 6.07) is 0. The molecule has 15 atom stereocenters. The molecule has 204 valence electrons. The Bertz CT molecular complexity index is 695. The molecule has 0 aromatic carbocycles. The topological polar surface area (TPSA) is 63.2 Å². The third-order valence-electron chi connectivity index (χ3n) is 9.97. The first kappa shape index (κ1) is 29.0. The zero-order valence-corrected chi connectivity index (χ0v) is 24.0. The van der Waals surface area contributed by atoms with Crippen molar-refractivity contribution in [1.29, 1.82) is 0 Å². The van der Waals surface area contributed by atoms with Crippen LogP contribution < -0.4 is 0 Å². The molecular weight excluding hydrogens is 444 g/mol. The molecule has 3 heterocycles. The molecule has 3 rings (SSSR count). The Balaban J connectivity index is 1.77. The molecule has 0 aromatic heterocycles. The lowest BCUT2D eigenvalue weighted by molar-refractivity contribution is -0.333. The highest BCUT2D eigenvalue weighted by Crippen LogP contribution is 2.42. The van der Waals surface area contributed by atoms with Crippen molar-refractivity contribution >= 4 is 5.78 Å². The molecule has 0 spiro atoms. The normalized spacial score (nSPS) is 51.2. The average Bonchev–Trinajstić information content (AvgIpc) is 2.83. The van der Waals surface area contributed by atoms with Gasteiger partial charge in [-0.3, -0.25) is 4.79 Å². The summed E-state index contributed by atoms with van der Waals surface area (Å²) in [5.74, 6) is 2.03. The first-order valence-electron chi connectivity index (χ1n) is 14.2. The van der Waals surface area contributed by atoms with Crippen molar-refractivity contribution in [2.75, 3.05) is 0 Å². The summed E-state index contributed by atoms with van der Waals surface area (Å²) in [5.41, 5.74) is 0. The van der Waals surface area contributed by atoms with Crippen LogP contribution >= 0.6 is 0 Å². The second-order valence-electron chi connectivity index (χ2n) is 12.0. The first-order valence-corrected chi connectivity index (χ1v) is 14.2. The van der Waals surface area contributed by atoms with Gasteiger partial charge in [0, 0.05) is 11.8 Å². The maximum atomic E-state index is 12.8. The molecule has 6 unspecified atom stereocenters. The van der Waals surface area contributed by atoms with Crippen molar-refractivity contribution in [1.82, 2.24) is 0 Å². The Morgan fingerprint density at radius 2 is 1.11 bits per heavy atom. The minimum atomic E-state index is -0.673. The van der Waals surface area contributed by atoms with E-state index >= 15 is 0 Å². The van der Waals surface area contributed by atoms with Crippen LogP contribution in [0.15, 0.2) is 0 Å². The first-order chi connectivity index (χ1) is 16.4. The number of hydrogen-bond acceptors (Lipinski definition) is 6. The average molecular weight is 497 g/mol. The van der Waals surface area contributed by atoms with Crippen molar-refractivity contribution in [3.05, 3.63) is 0 Å². The van der Waals surface area contributed by atoms with Gasteiger partial charge in [0.05, 0.1) is 30.5 Å². The summed E-state index contributed by atoms with van der Waals surface area (Å²) < 4.78 is 32.4. The third-order valence-corrected chi connectivity index (χ3v) is 9.97. The highest BCUT2D eigenvalue weighted by atomic mass is 16.7. The molecule has 3 saturated heterocycles. The Hall–Kier alpha value is -0.530. The van der Waals surface area contributed by atoms with E-state index in [0.717, 1.165) is 12.8 Å². The van der Waals surface area contributed by atoms with Crippen LogP contribution in [0.3, 0.4) is 0 Å². The van der Waals surface area contributed by atoms with Crippen LogP contribution in [0, 0.1) is 41.4 Å². The number of hydrogen-bond donors (Lipinski definition) is 0. The quantitative estimate of drug-likeness (QED) is 0.440. The molecular formula is C29H52O6. The molecule has 0 saturated carbocycles. The Morgan fingerprint density at radius 1 is 0.600 bits per heavy atom. The van der Waals surface area contributed by atoms with E-state index < -0.39 is 12.4 Å². The summed E-state index contributed by atoms with van der Waals surface area (Å²) in [6.07, 6.45) is 0.314. The second kappa shape index (κ2) is 11.9. The van der Waals surface area contributed by atoms with Gasteiger partial charge in [-0.05, 0) is 56.3 Å². The highest BCUT2D eigenvalue weighted by Gasteiger charge is 2.50. The number of carbonyl (C=O) groups is 1. The van der Waals surface area contributed by atoms with E-state index in [1.54, 1.807) is 6.92 Å². The summed E-state index contributed by atoms with van der Waals surface area (Å²) in [5, 5.41) is 0. The van der Waals surface area contributed by atoms with Gasteiger partial charge in [-0.1, -0.05) is 62.3 Å². The minimum absolute atomic E-state index is 0.0259. The zero-order valence-electron chi connectivity index (χ0n) is 24.0. The SMILES string of the molecule is CCC1O[C@@H](O[C@H]2C(C(C)=O)O[C@@H](O[C@H]3C(CC)O[C@@H](C)C(C)[C@H]3C)C(C)[C@H]2C)C(C)[C@@H](C)[C@H]1C. The molecule has 0 radical (unpaired) electrons. The van der Waals surface area contributed by atoms with E-state index in [-0.39, 0.29) is 60.3 Å². The van der Waals surface area contributed by atoms with Gasteiger partial charge in [-0.25, -0.2) is 0 Å². The second-order valence-corrected chi connectivity index (χ2v) is 12.0. The van der Waals surface area contributed by atoms with Gasteiger partial charge >= 0.3 is 0 Å². The van der Waals surface area contributed by atoms with Crippen LogP contribution in [-0.4, -0.2) is 55.0 Å². The molecule has 3 aliphatic rings. The van der Waals surface area contributed by atoms with Crippen LogP contribution in [-0.2, 0) is 28.5 Å². The predicted octanol–water partition coefficient (Wildman–Crippen LogP) is 5.86. The lowest BCUT2D eigenvalue weighted by Gasteiger charge is -2.50. The molecule has 0 bridgehead atoms. The van der Waals surface area contributed by atoms with Crippen LogP contribution in [0.5, 0.6) is 0 Å². The Kier molecular flexibility index (Phi) is 9.87. The van der Waals surface area contributed by atoms with Crippen LogP contribution in [0.4, 0.5) is 0 Å². The fourth-order valence-electron chi connectivity index (χ4n) is 6.35. The van der Waals surface area contributed by atoms with Gasteiger partial charge < -0.3 is 23.7 Å². The van der Waals surface area contributed by atoms with Crippen molar-refractivity contribution < 1.29 is 28.5 Å². The number of carbonyl (C=O) groups excluding carboxylic acids is 1. The number of ether oxygens (including phenoxy) is 5. The smallest absolute Gasteiger partial charge is 0.162 e. The molecule has 0 aromatic rings. The molecule has 3 fully saturated rings. The highest BCUT2D eigenvalue weighted by molar-refractivity contribution is 5.81.